The number of aromatic nitrogens is 2. The molecule has 2 aromatic carbocycles. The summed E-state index contributed by atoms with van der Waals surface area (Å²) in [6.07, 6.45) is 1.00. The normalized spacial score (nSPS) is 10.3. The van der Waals surface area contributed by atoms with E-state index in [-0.39, 0.29) is 19.0 Å². The van der Waals surface area contributed by atoms with Crippen LogP contribution in [0.3, 0.4) is 0 Å². The molecule has 1 N–H and O–H groups in total. The highest BCUT2D eigenvalue weighted by Crippen LogP contribution is 2.28. The van der Waals surface area contributed by atoms with Crippen molar-refractivity contribution in [2.24, 2.45) is 0 Å². The summed E-state index contributed by atoms with van der Waals surface area (Å²) in [6.45, 7) is 3.67. The molecule has 0 unspecified atom stereocenters. The first-order valence-electron chi connectivity index (χ1n) is 8.58. The summed E-state index contributed by atoms with van der Waals surface area (Å²) in [7, 11) is 1.63. The predicted molar refractivity (Wildman–Crippen MR) is 105 cm³/mol. The second-order valence-electron chi connectivity index (χ2n) is 5.92. The van der Waals surface area contributed by atoms with Gasteiger partial charge in [0.2, 0.25) is 0 Å². The van der Waals surface area contributed by atoms with Gasteiger partial charge in [0.25, 0.3) is 5.89 Å². The van der Waals surface area contributed by atoms with E-state index in [2.05, 4.69) is 39.7 Å². The quantitative estimate of drug-likeness (QED) is 0.562. The Morgan fingerprint density at radius 2 is 1.85 bits per heavy atom. The van der Waals surface area contributed by atoms with E-state index in [0.717, 1.165) is 25.1 Å². The first-order valence-corrected chi connectivity index (χ1v) is 8.58. The molecule has 27 heavy (non-hydrogen) atoms. The number of nitrogens with one attached hydrogen (secondary N) is 1. The smallest absolute Gasteiger partial charge is 0.264 e. The minimum Gasteiger partial charge on any atom is -0.493 e. The highest BCUT2D eigenvalue weighted by Gasteiger charge is 2.09. The fourth-order valence-corrected chi connectivity index (χ4v) is 2.59. The minimum absolute atomic E-state index is 0. The highest BCUT2D eigenvalue weighted by atomic mass is 35.5. The molecule has 0 radical (unpaired) electrons. The number of rotatable bonds is 9. The van der Waals surface area contributed by atoms with Gasteiger partial charge in [-0.05, 0) is 43.1 Å². The highest BCUT2D eigenvalue weighted by molar-refractivity contribution is 5.85. The first-order chi connectivity index (χ1) is 12.7. The maximum Gasteiger partial charge on any atom is 0.264 e. The van der Waals surface area contributed by atoms with Gasteiger partial charge in [-0.25, -0.2) is 0 Å². The Morgan fingerprint density at radius 3 is 2.56 bits per heavy atom. The zero-order valence-electron chi connectivity index (χ0n) is 15.5. The summed E-state index contributed by atoms with van der Waals surface area (Å²) < 4.78 is 16.2. The molecule has 0 saturated carbocycles. The largest absolute Gasteiger partial charge is 0.493 e. The van der Waals surface area contributed by atoms with E-state index in [1.807, 2.05) is 24.3 Å². The van der Waals surface area contributed by atoms with Gasteiger partial charge in [-0.2, -0.15) is 4.98 Å². The van der Waals surface area contributed by atoms with E-state index in [4.69, 9.17) is 14.0 Å². The number of halogens is 1. The lowest BCUT2D eigenvalue weighted by Gasteiger charge is -2.11. The third-order valence-corrected chi connectivity index (χ3v) is 3.91. The SMILES string of the molecule is COc1cc(CNCCc2ccccc2)ccc1OCc1nc(C)no1.Cl. The lowest BCUT2D eigenvalue weighted by molar-refractivity contribution is 0.233. The van der Waals surface area contributed by atoms with Gasteiger partial charge in [0.1, 0.15) is 0 Å². The lowest BCUT2D eigenvalue weighted by Crippen LogP contribution is -2.16. The van der Waals surface area contributed by atoms with Crippen LogP contribution < -0.4 is 14.8 Å². The molecular weight excluding hydrogens is 366 g/mol. The van der Waals surface area contributed by atoms with Crippen LogP contribution in [0.15, 0.2) is 53.1 Å². The van der Waals surface area contributed by atoms with Crippen molar-refractivity contribution in [2.45, 2.75) is 26.5 Å². The summed E-state index contributed by atoms with van der Waals surface area (Å²) in [5.74, 6) is 2.36. The summed E-state index contributed by atoms with van der Waals surface area (Å²) in [5, 5.41) is 7.20. The molecule has 0 spiro atoms. The van der Waals surface area contributed by atoms with Crippen molar-refractivity contribution in [2.75, 3.05) is 13.7 Å². The van der Waals surface area contributed by atoms with Gasteiger partial charge in [0.05, 0.1) is 7.11 Å². The molecule has 0 saturated heterocycles. The third-order valence-electron chi connectivity index (χ3n) is 3.91. The topological polar surface area (TPSA) is 69.4 Å². The van der Waals surface area contributed by atoms with Crippen LogP contribution in [0.4, 0.5) is 0 Å². The molecule has 3 rings (SSSR count). The van der Waals surface area contributed by atoms with Crippen molar-refractivity contribution in [1.82, 2.24) is 15.5 Å². The molecule has 1 aromatic heterocycles. The van der Waals surface area contributed by atoms with Crippen LogP contribution in [-0.2, 0) is 19.6 Å². The van der Waals surface area contributed by atoms with Crippen molar-refractivity contribution in [3.05, 3.63) is 71.4 Å². The van der Waals surface area contributed by atoms with E-state index >= 15 is 0 Å². The zero-order chi connectivity index (χ0) is 18.2. The molecule has 1 heterocycles. The van der Waals surface area contributed by atoms with Crippen LogP contribution in [0.1, 0.15) is 22.8 Å². The van der Waals surface area contributed by atoms with Gasteiger partial charge >= 0.3 is 0 Å². The Hall–Kier alpha value is -2.57. The number of aryl methyl sites for hydroxylation is 1. The predicted octanol–water partition coefficient (Wildman–Crippen LogP) is 3.72. The van der Waals surface area contributed by atoms with Crippen molar-refractivity contribution in [3.63, 3.8) is 0 Å². The van der Waals surface area contributed by atoms with Gasteiger partial charge in [-0.3, -0.25) is 0 Å². The average molecular weight is 390 g/mol. The van der Waals surface area contributed by atoms with Crippen molar-refractivity contribution in [1.29, 1.82) is 0 Å². The zero-order valence-corrected chi connectivity index (χ0v) is 16.3. The van der Waals surface area contributed by atoms with E-state index in [1.165, 1.54) is 5.56 Å². The molecule has 0 fully saturated rings. The maximum absolute atomic E-state index is 5.72. The second-order valence-corrected chi connectivity index (χ2v) is 5.92. The standard InChI is InChI=1S/C20H23N3O3.ClH/c1-15-22-20(26-23-15)14-25-18-9-8-17(12-19(18)24-2)13-21-11-10-16-6-4-3-5-7-16;/h3-9,12,21H,10-11,13-14H2,1-2H3;1H. The van der Waals surface area contributed by atoms with Crippen LogP contribution in [0.5, 0.6) is 11.5 Å². The number of hydrogen-bond acceptors (Lipinski definition) is 6. The Kier molecular flexibility index (Phi) is 8.10. The molecule has 0 aliphatic rings. The molecule has 0 aliphatic heterocycles. The monoisotopic (exact) mass is 389 g/mol. The Morgan fingerprint density at radius 1 is 1.04 bits per heavy atom. The molecule has 0 aliphatic carbocycles. The molecule has 0 atom stereocenters. The summed E-state index contributed by atoms with van der Waals surface area (Å²) in [6, 6.07) is 16.3. The number of nitrogens with zero attached hydrogens (tertiary/aromatic N) is 2. The van der Waals surface area contributed by atoms with Gasteiger partial charge in [0, 0.05) is 6.54 Å². The van der Waals surface area contributed by atoms with Crippen molar-refractivity contribution < 1.29 is 14.0 Å². The van der Waals surface area contributed by atoms with Crippen LogP contribution in [0.25, 0.3) is 0 Å². The molecule has 144 valence electrons. The van der Waals surface area contributed by atoms with Gasteiger partial charge in [0.15, 0.2) is 23.9 Å². The van der Waals surface area contributed by atoms with E-state index in [1.54, 1.807) is 14.0 Å². The number of ether oxygens (including phenoxy) is 2. The molecule has 0 amide bonds. The van der Waals surface area contributed by atoms with Gasteiger partial charge in [-0.1, -0.05) is 41.6 Å². The molecule has 7 heteroatoms. The molecule has 3 aromatic rings. The van der Waals surface area contributed by atoms with Crippen LogP contribution in [-0.4, -0.2) is 23.8 Å². The Balaban J connectivity index is 0.00000261. The molecule has 6 nitrogen and oxygen atoms in total. The van der Waals surface area contributed by atoms with E-state index < -0.39 is 0 Å². The number of benzene rings is 2. The first kappa shape index (κ1) is 20.7. The number of hydrogen-bond donors (Lipinski definition) is 1. The van der Waals surface area contributed by atoms with Crippen LogP contribution in [0.2, 0.25) is 0 Å². The van der Waals surface area contributed by atoms with Gasteiger partial charge in [-0.15, -0.1) is 12.4 Å². The summed E-state index contributed by atoms with van der Waals surface area (Å²) in [5.41, 5.74) is 2.47. The van der Waals surface area contributed by atoms with Crippen molar-refractivity contribution in [3.8, 4) is 11.5 Å². The second kappa shape index (κ2) is 10.5. The third kappa shape index (κ3) is 6.27. The fraction of sp³-hybridized carbons (Fsp3) is 0.300. The molecular formula is C20H24ClN3O3. The van der Waals surface area contributed by atoms with E-state index in [0.29, 0.717) is 23.2 Å². The van der Waals surface area contributed by atoms with Crippen molar-refractivity contribution >= 4 is 12.4 Å². The number of methoxy groups -OCH3 is 1. The average Bonchev–Trinajstić information content (AvgIpc) is 3.10. The Bertz CT molecular complexity index is 824. The fourth-order valence-electron chi connectivity index (χ4n) is 2.59. The minimum atomic E-state index is 0. The van der Waals surface area contributed by atoms with Gasteiger partial charge < -0.3 is 19.3 Å². The maximum atomic E-state index is 5.72. The van der Waals surface area contributed by atoms with Crippen LogP contribution in [0, 0.1) is 6.92 Å². The molecule has 0 bridgehead atoms. The van der Waals surface area contributed by atoms with Crippen LogP contribution >= 0.6 is 12.4 Å². The van der Waals surface area contributed by atoms with E-state index in [9.17, 15) is 0 Å². The lowest BCUT2D eigenvalue weighted by atomic mass is 10.1. The summed E-state index contributed by atoms with van der Waals surface area (Å²) >= 11 is 0. The Labute approximate surface area is 165 Å². The summed E-state index contributed by atoms with van der Waals surface area (Å²) in [4.78, 5) is 4.12.